The molecule has 5 heteroatoms. The Morgan fingerprint density at radius 3 is 2.36 bits per heavy atom. The summed E-state index contributed by atoms with van der Waals surface area (Å²) in [4.78, 5) is 0. The fraction of sp³-hybridized carbons (Fsp3) is 1.00. The minimum absolute atomic E-state index is 0.281. The molecule has 14 heavy (non-hydrogen) atoms. The quantitative estimate of drug-likeness (QED) is 0.734. The van der Waals surface area contributed by atoms with Crippen LogP contribution in [-0.4, -0.2) is 30.9 Å². The van der Waals surface area contributed by atoms with Gasteiger partial charge >= 0.3 is 0 Å². The maximum atomic E-state index is 11.5. The van der Waals surface area contributed by atoms with Crippen molar-refractivity contribution in [2.24, 2.45) is 0 Å². The lowest BCUT2D eigenvalue weighted by molar-refractivity contribution is 0.101. The fourth-order valence-electron chi connectivity index (χ4n) is 1.60. The first-order valence-corrected chi connectivity index (χ1v) is 6.67. The van der Waals surface area contributed by atoms with E-state index in [1.165, 1.54) is 0 Å². The molecule has 0 aromatic heterocycles. The van der Waals surface area contributed by atoms with Gasteiger partial charge in [-0.2, -0.15) is 0 Å². The lowest BCUT2D eigenvalue weighted by Gasteiger charge is -2.28. The maximum absolute atomic E-state index is 11.5. The first-order chi connectivity index (χ1) is 6.43. The molecule has 2 atom stereocenters. The summed E-state index contributed by atoms with van der Waals surface area (Å²) in [6, 6.07) is -0.281. The lowest BCUT2D eigenvalue weighted by atomic mass is 9.93. The first kappa shape index (κ1) is 11.9. The molecule has 1 rings (SSSR count). The Kier molecular flexibility index (Phi) is 3.92. The Bertz CT molecular complexity index is 274. The Balaban J connectivity index is 2.58. The fourth-order valence-corrected chi connectivity index (χ4v) is 2.56. The third-order valence-electron chi connectivity index (χ3n) is 2.67. The van der Waals surface area contributed by atoms with E-state index in [0.717, 1.165) is 19.3 Å². The van der Waals surface area contributed by atoms with E-state index < -0.39 is 21.4 Å². The van der Waals surface area contributed by atoms with Crippen molar-refractivity contribution in [1.29, 1.82) is 0 Å². The molecule has 0 aliphatic heterocycles. The molecule has 0 heterocycles. The number of nitrogens with one attached hydrogen (secondary N) is 1. The SMILES string of the molecule is CC(C)S(=O)(=O)N[C@@H]1CCCC[C@H]1O. The summed E-state index contributed by atoms with van der Waals surface area (Å²) in [5.41, 5.74) is 0. The molecule has 0 aromatic rings. The van der Waals surface area contributed by atoms with Crippen LogP contribution in [0.4, 0.5) is 0 Å². The summed E-state index contributed by atoms with van der Waals surface area (Å²) in [7, 11) is -3.24. The second kappa shape index (κ2) is 4.59. The average molecular weight is 221 g/mol. The third kappa shape index (κ3) is 2.93. The molecule has 1 fully saturated rings. The number of aliphatic hydroxyl groups excluding tert-OH is 1. The van der Waals surface area contributed by atoms with Crippen LogP contribution in [-0.2, 0) is 10.0 Å². The Morgan fingerprint density at radius 2 is 1.86 bits per heavy atom. The highest BCUT2D eigenvalue weighted by molar-refractivity contribution is 7.90. The predicted octanol–water partition coefficient (Wildman–Crippen LogP) is 0.618. The highest BCUT2D eigenvalue weighted by atomic mass is 32.2. The van der Waals surface area contributed by atoms with Crippen molar-refractivity contribution in [1.82, 2.24) is 4.72 Å². The van der Waals surface area contributed by atoms with E-state index in [1.807, 2.05) is 0 Å². The van der Waals surface area contributed by atoms with Gasteiger partial charge < -0.3 is 5.11 Å². The zero-order valence-electron chi connectivity index (χ0n) is 8.73. The predicted molar refractivity (Wildman–Crippen MR) is 55.5 cm³/mol. The highest BCUT2D eigenvalue weighted by Gasteiger charge is 2.28. The van der Waals surface area contributed by atoms with Gasteiger partial charge in [-0.25, -0.2) is 13.1 Å². The topological polar surface area (TPSA) is 66.4 Å². The molecule has 1 aliphatic rings. The molecule has 0 aromatic carbocycles. The minimum atomic E-state index is -3.24. The van der Waals surface area contributed by atoms with E-state index in [9.17, 15) is 13.5 Å². The molecule has 2 N–H and O–H groups in total. The van der Waals surface area contributed by atoms with Crippen molar-refractivity contribution >= 4 is 10.0 Å². The molecule has 0 spiro atoms. The third-order valence-corrected chi connectivity index (χ3v) is 4.54. The molecule has 0 amide bonds. The molecule has 4 nitrogen and oxygen atoms in total. The molecule has 0 saturated heterocycles. The number of aliphatic hydroxyl groups is 1. The van der Waals surface area contributed by atoms with E-state index >= 15 is 0 Å². The largest absolute Gasteiger partial charge is 0.391 e. The number of hydrogen-bond acceptors (Lipinski definition) is 3. The van der Waals surface area contributed by atoms with Gasteiger partial charge in [-0.15, -0.1) is 0 Å². The van der Waals surface area contributed by atoms with Crippen molar-refractivity contribution in [3.05, 3.63) is 0 Å². The van der Waals surface area contributed by atoms with Gasteiger partial charge in [0.25, 0.3) is 0 Å². The Morgan fingerprint density at radius 1 is 1.29 bits per heavy atom. The second-order valence-electron chi connectivity index (χ2n) is 4.17. The van der Waals surface area contributed by atoms with E-state index in [0.29, 0.717) is 6.42 Å². The van der Waals surface area contributed by atoms with E-state index in [2.05, 4.69) is 4.72 Å². The van der Waals surface area contributed by atoms with E-state index in [1.54, 1.807) is 13.8 Å². The Hall–Kier alpha value is -0.130. The van der Waals surface area contributed by atoms with Crippen LogP contribution in [0.15, 0.2) is 0 Å². The molecular formula is C9H19NO3S. The van der Waals surface area contributed by atoms with Gasteiger partial charge in [0, 0.05) is 6.04 Å². The van der Waals surface area contributed by atoms with Gasteiger partial charge in [-0.05, 0) is 26.7 Å². The molecule has 0 radical (unpaired) electrons. The van der Waals surface area contributed by atoms with Crippen molar-refractivity contribution in [3.63, 3.8) is 0 Å². The van der Waals surface area contributed by atoms with Crippen LogP contribution in [0.3, 0.4) is 0 Å². The molecular weight excluding hydrogens is 202 g/mol. The molecule has 0 unspecified atom stereocenters. The second-order valence-corrected chi connectivity index (χ2v) is 6.44. The van der Waals surface area contributed by atoms with E-state index in [-0.39, 0.29) is 6.04 Å². The van der Waals surface area contributed by atoms with E-state index in [4.69, 9.17) is 0 Å². The van der Waals surface area contributed by atoms with Crippen LogP contribution in [0.5, 0.6) is 0 Å². The molecule has 1 saturated carbocycles. The van der Waals surface area contributed by atoms with Crippen LogP contribution < -0.4 is 4.72 Å². The number of sulfonamides is 1. The maximum Gasteiger partial charge on any atom is 0.214 e. The van der Waals surface area contributed by atoms with Crippen LogP contribution in [0.1, 0.15) is 39.5 Å². The standard InChI is InChI=1S/C9H19NO3S/c1-7(2)14(12,13)10-8-5-3-4-6-9(8)11/h7-11H,3-6H2,1-2H3/t8-,9-/m1/s1. The Labute approximate surface area is 85.8 Å². The summed E-state index contributed by atoms with van der Waals surface area (Å²) < 4.78 is 25.6. The van der Waals surface area contributed by atoms with Crippen molar-refractivity contribution in [3.8, 4) is 0 Å². The zero-order valence-corrected chi connectivity index (χ0v) is 9.55. The normalized spacial score (nSPS) is 29.4. The van der Waals surface area contributed by atoms with Gasteiger partial charge in [0.15, 0.2) is 0 Å². The number of rotatable bonds is 3. The molecule has 1 aliphatic carbocycles. The van der Waals surface area contributed by atoms with Crippen LogP contribution in [0.2, 0.25) is 0 Å². The molecule has 0 bridgehead atoms. The average Bonchev–Trinajstić information content (AvgIpc) is 2.08. The summed E-state index contributed by atoms with van der Waals surface area (Å²) in [5, 5.41) is 9.15. The van der Waals surface area contributed by atoms with Gasteiger partial charge in [0.05, 0.1) is 11.4 Å². The van der Waals surface area contributed by atoms with Crippen molar-refractivity contribution in [2.45, 2.75) is 56.9 Å². The summed E-state index contributed by atoms with van der Waals surface area (Å²) in [6.45, 7) is 3.27. The smallest absolute Gasteiger partial charge is 0.214 e. The molecule has 84 valence electrons. The van der Waals surface area contributed by atoms with Gasteiger partial charge in [-0.1, -0.05) is 12.8 Å². The van der Waals surface area contributed by atoms with Crippen LogP contribution in [0, 0.1) is 0 Å². The summed E-state index contributed by atoms with van der Waals surface area (Å²) >= 11 is 0. The van der Waals surface area contributed by atoms with Gasteiger partial charge in [0.2, 0.25) is 10.0 Å². The highest BCUT2D eigenvalue weighted by Crippen LogP contribution is 2.19. The van der Waals surface area contributed by atoms with Crippen LogP contribution >= 0.6 is 0 Å². The number of hydrogen-bond donors (Lipinski definition) is 2. The van der Waals surface area contributed by atoms with Gasteiger partial charge in [-0.3, -0.25) is 0 Å². The summed E-state index contributed by atoms with van der Waals surface area (Å²) in [5.74, 6) is 0. The van der Waals surface area contributed by atoms with Crippen molar-refractivity contribution < 1.29 is 13.5 Å². The first-order valence-electron chi connectivity index (χ1n) is 5.12. The minimum Gasteiger partial charge on any atom is -0.391 e. The van der Waals surface area contributed by atoms with Gasteiger partial charge in [0.1, 0.15) is 0 Å². The monoisotopic (exact) mass is 221 g/mol. The lowest BCUT2D eigenvalue weighted by Crippen LogP contribution is -2.47. The zero-order chi connectivity index (χ0) is 10.8. The summed E-state index contributed by atoms with van der Waals surface area (Å²) in [6.07, 6.45) is 2.90. The van der Waals surface area contributed by atoms with Crippen molar-refractivity contribution in [2.75, 3.05) is 0 Å². The van der Waals surface area contributed by atoms with Crippen LogP contribution in [0.25, 0.3) is 0 Å².